The van der Waals surface area contributed by atoms with Crippen molar-refractivity contribution >= 4 is 5.91 Å². The van der Waals surface area contributed by atoms with E-state index in [4.69, 9.17) is 42.6 Å². The highest BCUT2D eigenvalue weighted by Crippen LogP contribution is 2.36. The standard InChI is InChI=1S/C32H55NO25/c1-7-14(39)17(42)21(46)30(50-7)57-26-13(33-8(2)38)29(54-12(6-37)25(26)56-31-22(47)18(43)15(40)9(3-34)52-31)58-27-16(41)10(4-35)53-32(23(27)48)55-24-11(5-36)51-28(49)20(45)19(24)44/h7,9-32,34-37,39-49H,3-6H2,1-2H3,(H,33,38)/t7-,9+,10+,11+,12+,13+,14+,15+,16-,17+,18-,19+,20+,21-,22+,23+,24+,25+,26+,27-,28?,29-,30-,31-,32-/m0/s1. The predicted octanol–water partition coefficient (Wildman–Crippen LogP) is -10.8. The zero-order valence-corrected chi connectivity index (χ0v) is 31.1. The number of hydrogen-bond donors (Lipinski definition) is 16. The Bertz CT molecular complexity index is 1300. The molecule has 0 spiro atoms. The number of nitrogens with one attached hydrogen (secondary N) is 1. The van der Waals surface area contributed by atoms with E-state index in [2.05, 4.69) is 5.32 Å². The van der Waals surface area contributed by atoms with Gasteiger partial charge in [-0.15, -0.1) is 0 Å². The molecule has 0 aromatic heterocycles. The lowest BCUT2D eigenvalue weighted by Gasteiger charge is -2.51. The Morgan fingerprint density at radius 3 is 1.47 bits per heavy atom. The molecule has 5 fully saturated rings. The molecule has 16 N–H and O–H groups in total. The van der Waals surface area contributed by atoms with Crippen LogP contribution in [0.3, 0.4) is 0 Å². The van der Waals surface area contributed by atoms with E-state index in [-0.39, 0.29) is 0 Å². The minimum Gasteiger partial charge on any atom is -0.394 e. The molecule has 5 aliphatic rings. The second kappa shape index (κ2) is 20.1. The van der Waals surface area contributed by atoms with Crippen molar-refractivity contribution in [3.05, 3.63) is 0 Å². The third-order valence-electron chi connectivity index (χ3n) is 10.7. The summed E-state index contributed by atoms with van der Waals surface area (Å²) in [7, 11) is 0. The van der Waals surface area contributed by atoms with Gasteiger partial charge in [0.1, 0.15) is 116 Å². The number of carbonyl (C=O) groups is 1. The molecule has 1 unspecified atom stereocenters. The molecule has 0 radical (unpaired) electrons. The highest BCUT2D eigenvalue weighted by Gasteiger charge is 2.57. The fourth-order valence-corrected chi connectivity index (χ4v) is 7.37. The van der Waals surface area contributed by atoms with Crippen LogP contribution in [0, 0.1) is 0 Å². The maximum absolute atomic E-state index is 12.8. The van der Waals surface area contributed by atoms with Crippen LogP contribution in [0.5, 0.6) is 0 Å². The smallest absolute Gasteiger partial charge is 0.217 e. The summed E-state index contributed by atoms with van der Waals surface area (Å²) < 4.78 is 51.4. The van der Waals surface area contributed by atoms with Crippen molar-refractivity contribution in [3.8, 4) is 0 Å². The van der Waals surface area contributed by atoms with Crippen molar-refractivity contribution in [2.45, 2.75) is 167 Å². The van der Waals surface area contributed by atoms with E-state index in [1.165, 1.54) is 6.92 Å². The third-order valence-corrected chi connectivity index (χ3v) is 10.7. The first-order valence-electron chi connectivity index (χ1n) is 18.5. The van der Waals surface area contributed by atoms with Crippen molar-refractivity contribution in [2.24, 2.45) is 0 Å². The normalized spacial score (nSPS) is 51.6. The molecular formula is C32H55NO25. The first-order chi connectivity index (χ1) is 27.4. The van der Waals surface area contributed by atoms with E-state index in [9.17, 15) is 81.4 Å². The van der Waals surface area contributed by atoms with Crippen LogP contribution in [-0.2, 0) is 47.4 Å². The summed E-state index contributed by atoms with van der Waals surface area (Å²) in [6, 6.07) is -1.73. The van der Waals surface area contributed by atoms with E-state index in [0.29, 0.717) is 0 Å². The van der Waals surface area contributed by atoms with Gasteiger partial charge in [0, 0.05) is 6.92 Å². The van der Waals surface area contributed by atoms with Crippen LogP contribution >= 0.6 is 0 Å². The second-order valence-electron chi connectivity index (χ2n) is 14.7. The third kappa shape index (κ3) is 9.75. The molecule has 5 heterocycles. The topological polar surface area (TPSA) is 416 Å². The van der Waals surface area contributed by atoms with Crippen molar-refractivity contribution < 1.29 is 124 Å². The van der Waals surface area contributed by atoms with Crippen LogP contribution in [0.2, 0.25) is 0 Å². The summed E-state index contributed by atoms with van der Waals surface area (Å²) in [5.41, 5.74) is 0. The van der Waals surface area contributed by atoms with Gasteiger partial charge in [0.2, 0.25) is 5.91 Å². The average Bonchev–Trinajstić information content (AvgIpc) is 3.19. The number of hydrogen-bond acceptors (Lipinski definition) is 25. The molecular weight excluding hydrogens is 798 g/mol. The Kier molecular flexibility index (Phi) is 16.5. The van der Waals surface area contributed by atoms with E-state index in [1.807, 2.05) is 0 Å². The van der Waals surface area contributed by atoms with Gasteiger partial charge in [0.05, 0.1) is 32.5 Å². The molecule has 5 rings (SSSR count). The van der Waals surface area contributed by atoms with Crippen molar-refractivity contribution in [1.29, 1.82) is 0 Å². The van der Waals surface area contributed by atoms with Gasteiger partial charge in [-0.25, -0.2) is 0 Å². The SMILES string of the molecule is CC(=O)N[C@H]1[C@H](O[C@H]2[C@@H](O)[C@@H](CO)O[C@@H](O[C@H]3[C@H](O)[C@@H](O)C(O)O[C@@H]3CO)[C@@H]2O)O[C@H](CO)[C@@H](O[C@@H]2O[C@H](CO)[C@@H](O)[C@H](O)[C@H]2O)[C@@H]1O[C@@H]1O[C@@H](C)[C@@H](O)[C@@H](O)[C@@H]1O. The molecule has 0 saturated carbocycles. The molecule has 0 aromatic carbocycles. The maximum atomic E-state index is 12.8. The van der Waals surface area contributed by atoms with E-state index in [0.717, 1.165) is 6.92 Å². The van der Waals surface area contributed by atoms with Crippen LogP contribution in [-0.4, -0.2) is 262 Å². The summed E-state index contributed by atoms with van der Waals surface area (Å²) in [5.74, 6) is -0.830. The Morgan fingerprint density at radius 1 is 0.448 bits per heavy atom. The summed E-state index contributed by atoms with van der Waals surface area (Å²) in [5, 5.41) is 159. The number of aliphatic hydroxyl groups excluding tert-OH is 15. The van der Waals surface area contributed by atoms with E-state index < -0.39 is 186 Å². The number of carbonyl (C=O) groups excluding carboxylic acids is 1. The zero-order valence-electron chi connectivity index (χ0n) is 31.1. The molecule has 338 valence electrons. The van der Waals surface area contributed by atoms with Gasteiger partial charge in [-0.1, -0.05) is 0 Å². The fraction of sp³-hybridized carbons (Fsp3) is 0.969. The summed E-state index contributed by atoms with van der Waals surface area (Å²) in [6.45, 7) is -1.36. The molecule has 0 bridgehead atoms. The summed E-state index contributed by atoms with van der Waals surface area (Å²) in [4.78, 5) is 12.8. The largest absolute Gasteiger partial charge is 0.394 e. The Balaban J connectivity index is 1.50. The Hall–Kier alpha value is -1.49. The van der Waals surface area contributed by atoms with Crippen molar-refractivity contribution in [2.75, 3.05) is 26.4 Å². The molecule has 0 aliphatic carbocycles. The van der Waals surface area contributed by atoms with E-state index in [1.54, 1.807) is 0 Å². The van der Waals surface area contributed by atoms with Crippen molar-refractivity contribution in [3.63, 3.8) is 0 Å². The van der Waals surface area contributed by atoms with Gasteiger partial charge in [0.25, 0.3) is 0 Å². The molecule has 1 amide bonds. The number of amides is 1. The predicted molar refractivity (Wildman–Crippen MR) is 177 cm³/mol. The molecule has 58 heavy (non-hydrogen) atoms. The van der Waals surface area contributed by atoms with Crippen molar-refractivity contribution in [1.82, 2.24) is 5.32 Å². The first kappa shape index (κ1) is 47.6. The minimum absolute atomic E-state index is 0.830. The van der Waals surface area contributed by atoms with Gasteiger partial charge in [0.15, 0.2) is 31.5 Å². The highest BCUT2D eigenvalue weighted by atomic mass is 16.8. The minimum atomic E-state index is -2.12. The van der Waals surface area contributed by atoms with E-state index >= 15 is 0 Å². The second-order valence-corrected chi connectivity index (χ2v) is 14.7. The average molecular weight is 854 g/mol. The molecule has 5 saturated heterocycles. The van der Waals surface area contributed by atoms with Gasteiger partial charge in [-0.05, 0) is 6.92 Å². The lowest BCUT2D eigenvalue weighted by molar-refractivity contribution is -0.391. The molecule has 25 atom stereocenters. The van der Waals surface area contributed by atoms with Gasteiger partial charge < -0.3 is 125 Å². The van der Waals surface area contributed by atoms with Crippen LogP contribution in [0.4, 0.5) is 0 Å². The fourth-order valence-electron chi connectivity index (χ4n) is 7.37. The Labute approximate surface area is 329 Å². The van der Waals surface area contributed by atoms with Crippen LogP contribution in [0.15, 0.2) is 0 Å². The molecule has 5 aliphatic heterocycles. The lowest BCUT2D eigenvalue weighted by Crippen LogP contribution is -2.71. The van der Waals surface area contributed by atoms with Crippen LogP contribution in [0.1, 0.15) is 13.8 Å². The quantitative estimate of drug-likeness (QED) is 0.0818. The molecule has 26 nitrogen and oxygen atoms in total. The number of aliphatic hydroxyl groups is 15. The number of ether oxygens (including phenoxy) is 9. The Morgan fingerprint density at radius 2 is 0.897 bits per heavy atom. The number of rotatable bonds is 13. The lowest BCUT2D eigenvalue weighted by atomic mass is 9.93. The highest BCUT2D eigenvalue weighted by molar-refractivity contribution is 5.73. The maximum Gasteiger partial charge on any atom is 0.217 e. The molecule has 26 heteroatoms. The zero-order chi connectivity index (χ0) is 42.9. The van der Waals surface area contributed by atoms with Crippen LogP contribution < -0.4 is 5.32 Å². The van der Waals surface area contributed by atoms with Gasteiger partial charge in [-0.3, -0.25) is 4.79 Å². The summed E-state index contributed by atoms with van der Waals surface area (Å²) >= 11 is 0. The summed E-state index contributed by atoms with van der Waals surface area (Å²) in [6.07, 6.45) is -43.6. The van der Waals surface area contributed by atoms with Crippen LogP contribution in [0.25, 0.3) is 0 Å². The first-order valence-corrected chi connectivity index (χ1v) is 18.5. The monoisotopic (exact) mass is 853 g/mol. The van der Waals surface area contributed by atoms with Gasteiger partial charge in [-0.2, -0.15) is 0 Å². The molecule has 0 aromatic rings. The van der Waals surface area contributed by atoms with Gasteiger partial charge >= 0.3 is 0 Å².